The molecule has 2 saturated heterocycles. The van der Waals surface area contributed by atoms with E-state index in [1.54, 1.807) is 0 Å². The first-order chi connectivity index (χ1) is 6.78. The van der Waals surface area contributed by atoms with Gasteiger partial charge in [-0.15, -0.1) is 0 Å². The van der Waals surface area contributed by atoms with E-state index < -0.39 is 0 Å². The summed E-state index contributed by atoms with van der Waals surface area (Å²) in [5, 5.41) is 0. The summed E-state index contributed by atoms with van der Waals surface area (Å²) in [7, 11) is 0. The molecule has 0 aliphatic carbocycles. The van der Waals surface area contributed by atoms with Crippen LogP contribution in [0.2, 0.25) is 0 Å². The van der Waals surface area contributed by atoms with Crippen molar-refractivity contribution in [2.45, 2.75) is 25.4 Å². The number of piperidine rings is 1. The molecule has 0 radical (unpaired) electrons. The van der Waals surface area contributed by atoms with E-state index in [4.69, 9.17) is 4.74 Å². The van der Waals surface area contributed by atoms with Crippen LogP contribution in [0, 0.1) is 0 Å². The molecule has 2 aliphatic heterocycles. The highest BCUT2D eigenvalue weighted by atomic mass is 16.6. The molecule has 0 amide bonds. The molecule has 2 aliphatic rings. The fourth-order valence-corrected chi connectivity index (χ4v) is 2.19. The first kappa shape index (κ1) is 9.94. The third-order valence-electron chi connectivity index (χ3n) is 3.21. The third kappa shape index (κ3) is 2.07. The Morgan fingerprint density at radius 3 is 3.00 bits per heavy atom. The van der Waals surface area contributed by atoms with Crippen molar-refractivity contribution >= 4 is 0 Å². The van der Waals surface area contributed by atoms with Crippen molar-refractivity contribution in [3.63, 3.8) is 0 Å². The average Bonchev–Trinajstić information content (AvgIpc) is 2.94. The van der Waals surface area contributed by atoms with Gasteiger partial charge < -0.3 is 4.74 Å². The van der Waals surface area contributed by atoms with E-state index in [0.717, 1.165) is 19.7 Å². The molecule has 0 aromatic carbocycles. The molecule has 2 rings (SSSR count). The van der Waals surface area contributed by atoms with Gasteiger partial charge in [-0.25, -0.2) is 0 Å². The van der Waals surface area contributed by atoms with Gasteiger partial charge in [0, 0.05) is 13.1 Å². The van der Waals surface area contributed by atoms with Crippen molar-refractivity contribution in [3.05, 3.63) is 24.3 Å². The molecule has 0 bridgehead atoms. The van der Waals surface area contributed by atoms with E-state index in [9.17, 15) is 0 Å². The summed E-state index contributed by atoms with van der Waals surface area (Å²) in [5.41, 5.74) is 1.57. The van der Waals surface area contributed by atoms with Gasteiger partial charge in [0.05, 0.1) is 6.61 Å². The standard InChI is InChI=1S/C12H19NO/c1-3-11(4-2)8-13-7-5-6-12(9-13)10-14-12/h3-4H,1,5-10H2,2H3/b11-4+. The summed E-state index contributed by atoms with van der Waals surface area (Å²) in [6.07, 6.45) is 6.62. The quantitative estimate of drug-likeness (QED) is 0.503. The zero-order valence-electron chi connectivity index (χ0n) is 8.96. The summed E-state index contributed by atoms with van der Waals surface area (Å²) in [6.45, 7) is 10.2. The van der Waals surface area contributed by atoms with Crippen LogP contribution in [0.1, 0.15) is 19.8 Å². The normalized spacial score (nSPS) is 33.4. The second-order valence-electron chi connectivity index (χ2n) is 4.35. The number of allylic oxidation sites excluding steroid dienone is 1. The van der Waals surface area contributed by atoms with Gasteiger partial charge >= 0.3 is 0 Å². The van der Waals surface area contributed by atoms with Crippen LogP contribution in [-0.2, 0) is 4.74 Å². The number of nitrogens with zero attached hydrogens (tertiary/aromatic N) is 1. The molecular formula is C12H19NO. The van der Waals surface area contributed by atoms with Gasteiger partial charge in [0.2, 0.25) is 0 Å². The van der Waals surface area contributed by atoms with Gasteiger partial charge in [0.1, 0.15) is 5.60 Å². The zero-order chi connectivity index (χ0) is 10.0. The Morgan fingerprint density at radius 1 is 1.64 bits per heavy atom. The van der Waals surface area contributed by atoms with E-state index in [0.29, 0.717) is 0 Å². The van der Waals surface area contributed by atoms with Gasteiger partial charge in [-0.1, -0.05) is 18.7 Å². The fourth-order valence-electron chi connectivity index (χ4n) is 2.19. The summed E-state index contributed by atoms with van der Waals surface area (Å²) in [6, 6.07) is 0. The van der Waals surface area contributed by atoms with E-state index in [-0.39, 0.29) is 5.60 Å². The molecule has 0 aromatic rings. The van der Waals surface area contributed by atoms with Crippen molar-refractivity contribution in [1.29, 1.82) is 0 Å². The average molecular weight is 193 g/mol. The van der Waals surface area contributed by atoms with Crippen molar-refractivity contribution in [1.82, 2.24) is 4.90 Å². The number of ether oxygens (including phenoxy) is 1. The molecule has 78 valence electrons. The molecule has 2 fully saturated rings. The van der Waals surface area contributed by atoms with Crippen LogP contribution in [0.4, 0.5) is 0 Å². The Morgan fingerprint density at radius 2 is 2.43 bits per heavy atom. The largest absolute Gasteiger partial charge is 0.368 e. The minimum absolute atomic E-state index is 0.248. The van der Waals surface area contributed by atoms with E-state index in [1.165, 1.54) is 25.0 Å². The highest BCUT2D eigenvalue weighted by Gasteiger charge is 2.47. The van der Waals surface area contributed by atoms with Crippen LogP contribution < -0.4 is 0 Å². The maximum Gasteiger partial charge on any atom is 0.104 e. The highest BCUT2D eigenvalue weighted by molar-refractivity contribution is 5.17. The van der Waals surface area contributed by atoms with Crippen molar-refractivity contribution in [2.75, 3.05) is 26.2 Å². The Hall–Kier alpha value is -0.600. The molecule has 0 saturated carbocycles. The molecule has 0 aromatic heterocycles. The minimum atomic E-state index is 0.248. The lowest BCUT2D eigenvalue weighted by Gasteiger charge is -2.31. The molecule has 2 heteroatoms. The molecule has 14 heavy (non-hydrogen) atoms. The van der Waals surface area contributed by atoms with Gasteiger partial charge in [0.15, 0.2) is 0 Å². The maximum atomic E-state index is 5.53. The summed E-state index contributed by atoms with van der Waals surface area (Å²) in [4.78, 5) is 2.48. The minimum Gasteiger partial charge on any atom is -0.368 e. The van der Waals surface area contributed by atoms with Gasteiger partial charge in [-0.2, -0.15) is 0 Å². The third-order valence-corrected chi connectivity index (χ3v) is 3.21. The van der Waals surface area contributed by atoms with Crippen molar-refractivity contribution in [3.8, 4) is 0 Å². The van der Waals surface area contributed by atoms with Gasteiger partial charge in [-0.3, -0.25) is 4.90 Å². The maximum absolute atomic E-state index is 5.53. The Balaban J connectivity index is 1.88. The number of hydrogen-bond acceptors (Lipinski definition) is 2. The number of likely N-dealkylation sites (tertiary alicyclic amines) is 1. The zero-order valence-corrected chi connectivity index (χ0v) is 8.96. The fraction of sp³-hybridized carbons (Fsp3) is 0.667. The van der Waals surface area contributed by atoms with Crippen LogP contribution in [0.25, 0.3) is 0 Å². The Labute approximate surface area is 86.2 Å². The Kier molecular flexibility index (Phi) is 2.75. The lowest BCUT2D eigenvalue weighted by atomic mass is 9.98. The predicted octanol–water partition coefficient (Wildman–Crippen LogP) is 1.98. The van der Waals surface area contributed by atoms with Crippen LogP contribution >= 0.6 is 0 Å². The highest BCUT2D eigenvalue weighted by Crippen LogP contribution is 2.36. The SMILES string of the molecule is C=C/C(=C\C)CN1CCCC2(CO2)C1. The molecule has 0 N–H and O–H groups in total. The molecule has 1 unspecified atom stereocenters. The second-order valence-corrected chi connectivity index (χ2v) is 4.35. The molecule has 1 atom stereocenters. The predicted molar refractivity (Wildman–Crippen MR) is 58.3 cm³/mol. The number of hydrogen-bond donors (Lipinski definition) is 0. The van der Waals surface area contributed by atoms with Crippen LogP contribution in [-0.4, -0.2) is 36.7 Å². The van der Waals surface area contributed by atoms with Gasteiger partial charge in [0.25, 0.3) is 0 Å². The van der Waals surface area contributed by atoms with Crippen molar-refractivity contribution in [2.24, 2.45) is 0 Å². The van der Waals surface area contributed by atoms with E-state index >= 15 is 0 Å². The van der Waals surface area contributed by atoms with E-state index in [1.807, 2.05) is 6.08 Å². The second kappa shape index (κ2) is 3.87. The number of epoxide rings is 1. The lowest BCUT2D eigenvalue weighted by molar-refractivity contribution is 0.144. The first-order valence-corrected chi connectivity index (χ1v) is 5.42. The Bertz CT molecular complexity index is 253. The summed E-state index contributed by atoms with van der Waals surface area (Å²) in [5.74, 6) is 0. The van der Waals surface area contributed by atoms with Crippen LogP contribution in [0.5, 0.6) is 0 Å². The molecule has 1 spiro atoms. The molecule has 2 nitrogen and oxygen atoms in total. The summed E-state index contributed by atoms with van der Waals surface area (Å²) >= 11 is 0. The molecule has 2 heterocycles. The molecular weight excluding hydrogens is 174 g/mol. The topological polar surface area (TPSA) is 15.8 Å². The first-order valence-electron chi connectivity index (χ1n) is 5.42. The van der Waals surface area contributed by atoms with E-state index in [2.05, 4.69) is 24.5 Å². The lowest BCUT2D eigenvalue weighted by Crippen LogP contribution is -2.41. The van der Waals surface area contributed by atoms with Crippen LogP contribution in [0.3, 0.4) is 0 Å². The smallest absolute Gasteiger partial charge is 0.104 e. The van der Waals surface area contributed by atoms with Gasteiger partial charge in [-0.05, 0) is 31.9 Å². The summed E-state index contributed by atoms with van der Waals surface area (Å²) < 4.78 is 5.53. The van der Waals surface area contributed by atoms with Crippen LogP contribution in [0.15, 0.2) is 24.3 Å². The monoisotopic (exact) mass is 193 g/mol. The number of rotatable bonds is 3. The van der Waals surface area contributed by atoms with Crippen molar-refractivity contribution < 1.29 is 4.74 Å².